The summed E-state index contributed by atoms with van der Waals surface area (Å²) in [4.78, 5) is 20.4. The lowest BCUT2D eigenvalue weighted by Crippen LogP contribution is -1.89. The number of phenolic OH excluding ortho intramolecular Hbond substituents is 5. The van der Waals surface area contributed by atoms with Gasteiger partial charge in [0, 0.05) is 51.2 Å². The quantitative estimate of drug-likeness (QED) is 0.0858. The lowest BCUT2D eigenvalue weighted by atomic mass is 10.1. The Bertz CT molecular complexity index is 2860. The summed E-state index contributed by atoms with van der Waals surface area (Å²) < 4.78 is 0. The van der Waals surface area contributed by atoms with Gasteiger partial charge in [-0.3, -0.25) is 15.0 Å². The molecule has 0 atom stereocenters. The summed E-state index contributed by atoms with van der Waals surface area (Å²) in [5.74, 6) is 1.60. The van der Waals surface area contributed by atoms with Gasteiger partial charge in [-0.1, -0.05) is 78.9 Å². The van der Waals surface area contributed by atoms with Crippen molar-refractivity contribution in [3.05, 3.63) is 175 Å². The van der Waals surface area contributed by atoms with Crippen LogP contribution in [0.3, 0.4) is 0 Å². The zero-order valence-corrected chi connectivity index (χ0v) is 32.6. The lowest BCUT2D eigenvalue weighted by Gasteiger charge is -2.01. The lowest BCUT2D eigenvalue weighted by molar-refractivity contribution is 0.476. The number of anilines is 1. The molecule has 5 aromatic carbocycles. The molecule has 0 unspecified atom stereocenters. The van der Waals surface area contributed by atoms with E-state index >= 15 is 0 Å². The number of nitrogen functional groups attached to an aromatic ring is 1. The predicted octanol–water partition coefficient (Wildman–Crippen LogP) is 10.2. The number of para-hydroxylation sites is 4. The van der Waals surface area contributed by atoms with Crippen molar-refractivity contribution in [3.8, 4) is 28.7 Å². The van der Waals surface area contributed by atoms with Crippen LogP contribution in [-0.4, -0.2) is 50.5 Å². The largest absolute Gasteiger partial charge is 0.506 e. The van der Waals surface area contributed by atoms with Crippen LogP contribution in [0, 0.1) is 20.8 Å². The van der Waals surface area contributed by atoms with Gasteiger partial charge in [0.15, 0.2) is 0 Å². The summed E-state index contributed by atoms with van der Waals surface area (Å²) >= 11 is 0. The van der Waals surface area contributed by atoms with Gasteiger partial charge in [-0.15, -0.1) is 0 Å². The number of benzene rings is 5. The van der Waals surface area contributed by atoms with Crippen molar-refractivity contribution < 1.29 is 25.5 Å². The normalized spacial score (nSPS) is 10.4. The summed E-state index contributed by atoms with van der Waals surface area (Å²) in [6.45, 7) is 5.78. The van der Waals surface area contributed by atoms with Gasteiger partial charge in [-0.2, -0.15) is 0 Å². The predicted molar refractivity (Wildman–Crippen MR) is 236 cm³/mol. The Morgan fingerprint density at radius 3 is 1.44 bits per heavy atom. The average molecular weight is 783 g/mol. The number of pyridine rings is 5. The van der Waals surface area contributed by atoms with Crippen molar-refractivity contribution in [3.63, 3.8) is 0 Å². The number of hydrogen-bond acceptors (Lipinski definition) is 11. The fraction of sp³-hybridized carbons (Fsp3) is 0.0625. The first kappa shape index (κ1) is 40.6. The molecule has 294 valence electrons. The van der Waals surface area contributed by atoms with Gasteiger partial charge in [0.1, 0.15) is 62.1 Å². The molecule has 7 N–H and O–H groups in total. The van der Waals surface area contributed by atoms with Gasteiger partial charge in [0.25, 0.3) is 0 Å². The van der Waals surface area contributed by atoms with Crippen LogP contribution in [0.4, 0.5) is 5.82 Å². The number of fused-ring (bicyclic) bond motifs is 5. The molecule has 0 saturated carbocycles. The molecule has 5 heterocycles. The maximum atomic E-state index is 9.60. The Morgan fingerprint density at radius 1 is 0.373 bits per heavy atom. The van der Waals surface area contributed by atoms with Crippen molar-refractivity contribution >= 4 is 60.3 Å². The van der Waals surface area contributed by atoms with Crippen LogP contribution in [0.1, 0.15) is 16.8 Å². The minimum atomic E-state index is 0.166. The zero-order valence-electron chi connectivity index (χ0n) is 32.6. The highest BCUT2D eigenvalue weighted by Gasteiger charge is 2.04. The second-order valence-electron chi connectivity index (χ2n) is 13.3. The molecular weight excluding hydrogens is 741 g/mol. The van der Waals surface area contributed by atoms with Gasteiger partial charge in [-0.25, -0.2) is 9.97 Å². The molecule has 0 radical (unpaired) electrons. The van der Waals surface area contributed by atoms with Gasteiger partial charge in [0.2, 0.25) is 0 Å². The standard InChI is InChI=1S/3C10H9NO.C9H8N2O.C9H7NO/c1-7-4-5-8-3-2-6-11-9(8)10(7)12;1-7-5-6-11-10-8(7)3-2-4-9(10)12;1-7-5-6-8-3-2-4-9(12)10(8)11-7;10-8-5-4-6-2-1-3-7(12)9(6)11-8;11-8-5-1-3-7-4-2-6-10-9(7)8/h3*2-6,12H,1H3;1-5,12H,(H2,10,11);1-6,11H. The molecule has 59 heavy (non-hydrogen) atoms. The second-order valence-corrected chi connectivity index (χ2v) is 13.3. The van der Waals surface area contributed by atoms with Crippen molar-refractivity contribution in [1.29, 1.82) is 0 Å². The summed E-state index contributed by atoms with van der Waals surface area (Å²) in [6, 6.07) is 42.2. The molecule has 0 bridgehead atoms. The van der Waals surface area contributed by atoms with E-state index in [9.17, 15) is 25.5 Å². The van der Waals surface area contributed by atoms with Gasteiger partial charge < -0.3 is 31.3 Å². The molecule has 10 aromatic rings. The Morgan fingerprint density at radius 2 is 0.831 bits per heavy atom. The topological polar surface area (TPSA) is 192 Å². The van der Waals surface area contributed by atoms with E-state index < -0.39 is 0 Å². The molecule has 0 saturated heterocycles. The van der Waals surface area contributed by atoms with Crippen LogP contribution in [0.2, 0.25) is 0 Å². The van der Waals surface area contributed by atoms with E-state index in [1.165, 1.54) is 0 Å². The first-order valence-corrected chi connectivity index (χ1v) is 18.5. The first-order valence-electron chi connectivity index (χ1n) is 18.5. The Kier molecular flexibility index (Phi) is 12.9. The molecule has 0 spiro atoms. The van der Waals surface area contributed by atoms with Crippen molar-refractivity contribution in [1.82, 2.24) is 24.9 Å². The number of aromatic hydroxyl groups is 5. The third kappa shape index (κ3) is 10.0. The highest BCUT2D eigenvalue weighted by atomic mass is 16.3. The van der Waals surface area contributed by atoms with Crippen LogP contribution in [0.5, 0.6) is 28.7 Å². The number of rotatable bonds is 0. The van der Waals surface area contributed by atoms with Crippen LogP contribution in [-0.2, 0) is 0 Å². The number of phenols is 5. The van der Waals surface area contributed by atoms with Crippen LogP contribution >= 0.6 is 0 Å². The molecule has 11 heteroatoms. The average Bonchev–Trinajstić information content (AvgIpc) is 3.25. The van der Waals surface area contributed by atoms with E-state index in [-0.39, 0.29) is 28.7 Å². The minimum absolute atomic E-state index is 0.166. The summed E-state index contributed by atoms with van der Waals surface area (Å²) in [6.07, 6.45) is 5.06. The van der Waals surface area contributed by atoms with Gasteiger partial charge >= 0.3 is 0 Å². The Labute approximate surface area is 340 Å². The second kappa shape index (κ2) is 18.7. The number of aromatic nitrogens is 5. The van der Waals surface area contributed by atoms with E-state index in [2.05, 4.69) is 24.9 Å². The fourth-order valence-electron chi connectivity index (χ4n) is 5.99. The van der Waals surface area contributed by atoms with Crippen LogP contribution in [0.25, 0.3) is 54.5 Å². The minimum Gasteiger partial charge on any atom is -0.506 e. The first-order chi connectivity index (χ1) is 28.5. The molecule has 0 aliphatic rings. The fourth-order valence-corrected chi connectivity index (χ4v) is 5.99. The SMILES string of the molecule is Cc1ccc2cccc(O)c2n1.Cc1ccc2cccnc2c1O.Cc1ccnc2c(O)cccc12.Nc1ccc2cccc(O)c2n1.Oc1cccc2cccnc12. The van der Waals surface area contributed by atoms with Crippen LogP contribution in [0.15, 0.2) is 158 Å². The Balaban J connectivity index is 0.000000124. The highest BCUT2D eigenvalue weighted by Crippen LogP contribution is 2.27. The molecular formula is C48H42N6O5. The van der Waals surface area contributed by atoms with Crippen molar-refractivity contribution in [2.75, 3.05) is 5.73 Å². The van der Waals surface area contributed by atoms with E-state index in [0.29, 0.717) is 33.4 Å². The van der Waals surface area contributed by atoms with E-state index in [4.69, 9.17) is 5.73 Å². The number of hydrogen-bond donors (Lipinski definition) is 6. The molecule has 10 rings (SSSR count). The Hall–Kier alpha value is -8.05. The molecule has 5 aromatic heterocycles. The monoisotopic (exact) mass is 782 g/mol. The third-order valence-electron chi connectivity index (χ3n) is 9.09. The molecule has 0 aliphatic carbocycles. The molecule has 11 nitrogen and oxygen atoms in total. The van der Waals surface area contributed by atoms with Gasteiger partial charge in [0.05, 0.1) is 0 Å². The molecule has 0 fully saturated rings. The highest BCUT2D eigenvalue weighted by molar-refractivity contribution is 5.88. The smallest absolute Gasteiger partial charge is 0.144 e. The number of aryl methyl sites for hydroxylation is 3. The maximum absolute atomic E-state index is 9.60. The summed E-state index contributed by atoms with van der Waals surface area (Å²) in [7, 11) is 0. The third-order valence-corrected chi connectivity index (χ3v) is 9.09. The van der Waals surface area contributed by atoms with Crippen molar-refractivity contribution in [2.24, 2.45) is 0 Å². The zero-order chi connectivity index (χ0) is 41.9. The van der Waals surface area contributed by atoms with E-state index in [0.717, 1.165) is 43.8 Å². The summed E-state index contributed by atoms with van der Waals surface area (Å²) in [5, 5.41) is 52.0. The van der Waals surface area contributed by atoms with Crippen LogP contribution < -0.4 is 5.73 Å². The molecule has 0 amide bonds. The summed E-state index contributed by atoms with van der Waals surface area (Å²) in [5.41, 5.74) is 11.6. The number of nitrogens with zero attached hydrogens (tertiary/aromatic N) is 5. The maximum Gasteiger partial charge on any atom is 0.144 e. The van der Waals surface area contributed by atoms with E-state index in [1.54, 1.807) is 61.1 Å². The van der Waals surface area contributed by atoms with Crippen molar-refractivity contribution in [2.45, 2.75) is 20.8 Å². The van der Waals surface area contributed by atoms with Gasteiger partial charge in [-0.05, 0) is 92.6 Å². The van der Waals surface area contributed by atoms with E-state index in [1.807, 2.05) is 118 Å². The molecule has 0 aliphatic heterocycles. The number of nitrogens with two attached hydrogens (primary N) is 1.